The van der Waals surface area contributed by atoms with Crippen LogP contribution in [0.1, 0.15) is 23.6 Å². The fraction of sp³-hybridized carbons (Fsp3) is 0.167. The number of anilines is 1. The molecule has 5 heteroatoms. The summed E-state index contributed by atoms with van der Waals surface area (Å²) in [4.78, 5) is 13.3. The second kappa shape index (κ2) is 5.91. The molecule has 0 spiro atoms. The number of halogens is 3. The molecule has 0 saturated heterocycles. The van der Waals surface area contributed by atoms with Crippen LogP contribution in [0.5, 0.6) is 0 Å². The van der Waals surface area contributed by atoms with E-state index in [1.165, 1.54) is 29.3 Å². The van der Waals surface area contributed by atoms with Crippen LogP contribution in [0.15, 0.2) is 66.9 Å². The Morgan fingerprint density at radius 1 is 0.957 bits per heavy atom. The Bertz CT molecular complexity index is 737. The van der Waals surface area contributed by atoms with Gasteiger partial charge >= 0.3 is 6.18 Å². The van der Waals surface area contributed by atoms with Crippen molar-refractivity contribution in [3.63, 3.8) is 0 Å². The third-order valence-corrected chi connectivity index (χ3v) is 3.82. The fourth-order valence-electron chi connectivity index (χ4n) is 2.76. The van der Waals surface area contributed by atoms with E-state index < -0.39 is 17.8 Å². The highest BCUT2D eigenvalue weighted by molar-refractivity contribution is 5.92. The molecule has 0 radical (unpaired) electrons. The maximum absolute atomic E-state index is 13.3. The number of alkyl halides is 3. The van der Waals surface area contributed by atoms with E-state index in [0.717, 1.165) is 11.6 Å². The Labute approximate surface area is 131 Å². The first-order valence-electron chi connectivity index (χ1n) is 7.17. The largest absolute Gasteiger partial charge is 0.418 e. The third kappa shape index (κ3) is 3.13. The van der Waals surface area contributed by atoms with Gasteiger partial charge in [0.15, 0.2) is 5.78 Å². The number of carbonyl (C=O) groups excluding carboxylic acids is 1. The minimum Gasteiger partial charge on any atom is -0.339 e. The number of hydrogen-bond acceptors (Lipinski definition) is 2. The van der Waals surface area contributed by atoms with E-state index in [9.17, 15) is 18.0 Å². The van der Waals surface area contributed by atoms with E-state index >= 15 is 0 Å². The van der Waals surface area contributed by atoms with Gasteiger partial charge in [0, 0.05) is 12.6 Å². The van der Waals surface area contributed by atoms with Crippen LogP contribution < -0.4 is 4.90 Å². The average molecular weight is 317 g/mol. The highest BCUT2D eigenvalue weighted by Crippen LogP contribution is 2.41. The Hall–Kier alpha value is -2.56. The summed E-state index contributed by atoms with van der Waals surface area (Å²) in [6.07, 6.45) is -1.54. The number of nitrogens with zero attached hydrogens (tertiary/aromatic N) is 1. The highest BCUT2D eigenvalue weighted by atomic mass is 19.4. The molecule has 2 nitrogen and oxygen atoms in total. The summed E-state index contributed by atoms with van der Waals surface area (Å²) in [5.74, 6) is -0.0976. The fourth-order valence-corrected chi connectivity index (χ4v) is 2.76. The number of hydrogen-bond donors (Lipinski definition) is 0. The van der Waals surface area contributed by atoms with Gasteiger partial charge in [-0.1, -0.05) is 42.5 Å². The number of ketones is 1. The molecule has 0 aromatic heterocycles. The first-order valence-corrected chi connectivity index (χ1v) is 7.17. The molecule has 1 aliphatic heterocycles. The molecule has 1 atom stereocenters. The van der Waals surface area contributed by atoms with Crippen molar-refractivity contribution in [1.82, 2.24) is 0 Å². The highest BCUT2D eigenvalue weighted by Gasteiger charge is 2.36. The van der Waals surface area contributed by atoms with E-state index in [4.69, 9.17) is 0 Å². The van der Waals surface area contributed by atoms with Crippen molar-refractivity contribution in [3.8, 4) is 0 Å². The molecule has 0 amide bonds. The number of allylic oxidation sites excluding steroid dienone is 1. The lowest BCUT2D eigenvalue weighted by molar-refractivity contribution is -0.137. The van der Waals surface area contributed by atoms with Gasteiger partial charge in [0.05, 0.1) is 17.3 Å². The molecule has 1 heterocycles. The molecule has 0 fully saturated rings. The second-order valence-corrected chi connectivity index (χ2v) is 5.33. The predicted octanol–water partition coefficient (Wildman–Crippen LogP) is 4.74. The average Bonchev–Trinajstić information content (AvgIpc) is 2.55. The quantitative estimate of drug-likeness (QED) is 0.797. The van der Waals surface area contributed by atoms with Crippen LogP contribution in [-0.4, -0.2) is 5.78 Å². The van der Waals surface area contributed by atoms with Crippen molar-refractivity contribution in [2.24, 2.45) is 0 Å². The SMILES string of the molecule is O=C1C=CN(c2ccccc2C(F)(F)F)C(c2ccccc2)C1. The Kier molecular flexibility index (Phi) is 3.94. The molecular weight excluding hydrogens is 303 g/mol. The van der Waals surface area contributed by atoms with Crippen LogP contribution in [-0.2, 0) is 11.0 Å². The molecule has 2 aromatic rings. The molecule has 0 bridgehead atoms. The molecular formula is C18H14F3NO. The van der Waals surface area contributed by atoms with Crippen LogP contribution >= 0.6 is 0 Å². The van der Waals surface area contributed by atoms with Crippen LogP contribution in [0.25, 0.3) is 0 Å². The van der Waals surface area contributed by atoms with Crippen LogP contribution in [0.3, 0.4) is 0 Å². The zero-order chi connectivity index (χ0) is 16.4. The van der Waals surface area contributed by atoms with Crippen molar-refractivity contribution in [2.75, 3.05) is 4.90 Å². The summed E-state index contributed by atoms with van der Waals surface area (Å²) < 4.78 is 39.9. The first-order chi connectivity index (χ1) is 11.0. The molecule has 1 unspecified atom stereocenters. The summed E-state index contributed by atoms with van der Waals surface area (Å²) in [5, 5.41) is 0. The summed E-state index contributed by atoms with van der Waals surface area (Å²) in [7, 11) is 0. The zero-order valence-corrected chi connectivity index (χ0v) is 12.1. The summed E-state index contributed by atoms with van der Waals surface area (Å²) >= 11 is 0. The van der Waals surface area contributed by atoms with E-state index in [0.29, 0.717) is 0 Å². The Balaban J connectivity index is 2.10. The number of para-hydroxylation sites is 1. The smallest absolute Gasteiger partial charge is 0.339 e. The van der Waals surface area contributed by atoms with Gasteiger partial charge in [-0.25, -0.2) is 0 Å². The minimum atomic E-state index is -4.45. The van der Waals surface area contributed by atoms with Crippen molar-refractivity contribution >= 4 is 11.5 Å². The van der Waals surface area contributed by atoms with Crippen molar-refractivity contribution in [1.29, 1.82) is 0 Å². The molecule has 3 rings (SSSR count). The van der Waals surface area contributed by atoms with Crippen LogP contribution in [0, 0.1) is 0 Å². The van der Waals surface area contributed by atoms with E-state index in [1.54, 1.807) is 6.07 Å². The van der Waals surface area contributed by atoms with Gasteiger partial charge in [0.25, 0.3) is 0 Å². The predicted molar refractivity (Wildman–Crippen MR) is 81.9 cm³/mol. The standard InChI is InChI=1S/C18H14F3NO/c19-18(20,21)15-8-4-5-9-16(15)22-11-10-14(23)12-17(22)13-6-2-1-3-7-13/h1-11,17H,12H2. The first kappa shape index (κ1) is 15.3. The summed E-state index contributed by atoms with van der Waals surface area (Å²) in [5.41, 5.74) is 0.153. The monoisotopic (exact) mass is 317 g/mol. The van der Waals surface area contributed by atoms with Gasteiger partial charge < -0.3 is 4.90 Å². The Morgan fingerprint density at radius 3 is 2.30 bits per heavy atom. The lowest BCUT2D eigenvalue weighted by Crippen LogP contribution is -2.30. The maximum atomic E-state index is 13.3. The van der Waals surface area contributed by atoms with Crippen LogP contribution in [0.2, 0.25) is 0 Å². The number of rotatable bonds is 2. The van der Waals surface area contributed by atoms with Crippen molar-refractivity contribution in [2.45, 2.75) is 18.6 Å². The van der Waals surface area contributed by atoms with Crippen molar-refractivity contribution < 1.29 is 18.0 Å². The number of benzene rings is 2. The molecule has 0 N–H and O–H groups in total. The molecule has 0 saturated carbocycles. The third-order valence-electron chi connectivity index (χ3n) is 3.82. The molecule has 118 valence electrons. The summed E-state index contributed by atoms with van der Waals surface area (Å²) in [6.45, 7) is 0. The van der Waals surface area contributed by atoms with Gasteiger partial charge in [-0.3, -0.25) is 4.79 Å². The van der Waals surface area contributed by atoms with Gasteiger partial charge in [-0.15, -0.1) is 0 Å². The Morgan fingerprint density at radius 2 is 1.61 bits per heavy atom. The molecule has 23 heavy (non-hydrogen) atoms. The summed E-state index contributed by atoms with van der Waals surface area (Å²) in [6, 6.07) is 14.1. The molecule has 1 aliphatic rings. The topological polar surface area (TPSA) is 20.3 Å². The maximum Gasteiger partial charge on any atom is 0.418 e. The van der Waals surface area contributed by atoms with Gasteiger partial charge in [0.2, 0.25) is 0 Å². The van der Waals surface area contributed by atoms with Gasteiger partial charge in [-0.05, 0) is 23.8 Å². The minimum absolute atomic E-state index is 0.0533. The van der Waals surface area contributed by atoms with E-state index in [2.05, 4.69) is 0 Å². The van der Waals surface area contributed by atoms with Crippen LogP contribution in [0.4, 0.5) is 18.9 Å². The zero-order valence-electron chi connectivity index (χ0n) is 12.1. The van der Waals surface area contributed by atoms with Crippen molar-refractivity contribution in [3.05, 3.63) is 78.0 Å². The normalized spacial score (nSPS) is 18.3. The lowest BCUT2D eigenvalue weighted by atomic mass is 9.96. The molecule has 0 aliphatic carbocycles. The second-order valence-electron chi connectivity index (χ2n) is 5.33. The van der Waals surface area contributed by atoms with Gasteiger partial charge in [0.1, 0.15) is 0 Å². The molecule has 2 aromatic carbocycles. The lowest BCUT2D eigenvalue weighted by Gasteiger charge is -2.34. The van der Waals surface area contributed by atoms with E-state index in [-0.39, 0.29) is 17.9 Å². The van der Waals surface area contributed by atoms with E-state index in [1.807, 2.05) is 30.3 Å². The van der Waals surface area contributed by atoms with Gasteiger partial charge in [-0.2, -0.15) is 13.2 Å². The number of carbonyl (C=O) groups is 1.